The number of anilines is 3. The lowest BCUT2D eigenvalue weighted by molar-refractivity contribution is 1.36. The minimum atomic E-state index is 0.610. The molecule has 0 aliphatic heterocycles. The predicted octanol–water partition coefficient (Wildman–Crippen LogP) is 4.19. The fourth-order valence-electron chi connectivity index (χ4n) is 2.15. The van der Waals surface area contributed by atoms with Crippen LogP contribution in [0.4, 0.5) is 17.1 Å². The Morgan fingerprint density at radius 3 is 2.67 bits per heavy atom. The van der Waals surface area contributed by atoms with E-state index in [1.54, 1.807) is 24.5 Å². The van der Waals surface area contributed by atoms with Gasteiger partial charge in [0.25, 0.3) is 0 Å². The number of nitrogens with zero attached hydrogens (tertiary/aromatic N) is 2. The Morgan fingerprint density at radius 2 is 1.90 bits per heavy atom. The third-order valence-corrected chi connectivity index (χ3v) is 3.88. The highest BCUT2D eigenvalue weighted by Gasteiger charge is 2.07. The highest BCUT2D eigenvalue weighted by atomic mass is 79.9. The van der Waals surface area contributed by atoms with Gasteiger partial charge in [-0.15, -0.1) is 0 Å². The van der Waals surface area contributed by atoms with E-state index in [0.29, 0.717) is 11.3 Å². The summed E-state index contributed by atoms with van der Waals surface area (Å²) in [5.41, 5.74) is 9.10. The van der Waals surface area contributed by atoms with Gasteiger partial charge < -0.3 is 11.1 Å². The van der Waals surface area contributed by atoms with Gasteiger partial charge in [0.15, 0.2) is 0 Å². The van der Waals surface area contributed by atoms with Crippen molar-refractivity contribution in [3.63, 3.8) is 0 Å². The second-order valence-electron chi connectivity index (χ2n) is 4.56. The number of fused-ring (bicyclic) bond motifs is 1. The van der Waals surface area contributed by atoms with Crippen LogP contribution in [0.1, 0.15) is 5.56 Å². The third kappa shape index (κ3) is 2.54. The summed E-state index contributed by atoms with van der Waals surface area (Å²) >= 11 is 3.47. The first-order valence-electron chi connectivity index (χ1n) is 6.28. The maximum absolute atomic E-state index is 8.90. The number of pyridine rings is 1. The first-order valence-corrected chi connectivity index (χ1v) is 7.07. The van der Waals surface area contributed by atoms with Crippen LogP contribution in [-0.4, -0.2) is 4.98 Å². The number of nitrogen functional groups attached to an aromatic ring is 1. The molecule has 102 valence electrons. The zero-order valence-corrected chi connectivity index (χ0v) is 12.6. The summed E-state index contributed by atoms with van der Waals surface area (Å²) in [5.74, 6) is 0. The number of hydrogen-bond acceptors (Lipinski definition) is 4. The quantitative estimate of drug-likeness (QED) is 0.687. The first-order chi connectivity index (χ1) is 10.2. The van der Waals surface area contributed by atoms with E-state index in [9.17, 15) is 0 Å². The average Bonchev–Trinajstić information content (AvgIpc) is 2.52. The monoisotopic (exact) mass is 338 g/mol. The summed E-state index contributed by atoms with van der Waals surface area (Å²) < 4.78 is 0.834. The Balaban J connectivity index is 2.07. The number of benzene rings is 2. The molecular weight excluding hydrogens is 328 g/mol. The van der Waals surface area contributed by atoms with Crippen molar-refractivity contribution in [3.05, 3.63) is 58.8 Å². The van der Waals surface area contributed by atoms with E-state index in [4.69, 9.17) is 11.0 Å². The van der Waals surface area contributed by atoms with E-state index in [1.165, 1.54) is 0 Å². The number of nitrogens with one attached hydrogen (secondary N) is 1. The smallest absolute Gasteiger partial charge is 0.0992 e. The molecule has 1 aromatic heterocycles. The molecule has 4 nitrogen and oxygen atoms in total. The zero-order chi connectivity index (χ0) is 14.8. The van der Waals surface area contributed by atoms with Gasteiger partial charge in [-0.05, 0) is 52.3 Å². The molecule has 3 aromatic rings. The van der Waals surface area contributed by atoms with Gasteiger partial charge in [-0.1, -0.05) is 0 Å². The lowest BCUT2D eigenvalue weighted by atomic mass is 10.1. The second-order valence-corrected chi connectivity index (χ2v) is 5.41. The van der Waals surface area contributed by atoms with Crippen molar-refractivity contribution in [2.75, 3.05) is 11.1 Å². The van der Waals surface area contributed by atoms with Crippen molar-refractivity contribution in [3.8, 4) is 6.07 Å². The van der Waals surface area contributed by atoms with E-state index in [0.717, 1.165) is 26.6 Å². The molecule has 0 fully saturated rings. The van der Waals surface area contributed by atoms with Gasteiger partial charge in [0.05, 0.1) is 17.3 Å². The molecule has 0 amide bonds. The second kappa shape index (κ2) is 5.43. The molecule has 2 aromatic carbocycles. The molecule has 21 heavy (non-hydrogen) atoms. The molecule has 1 heterocycles. The summed E-state index contributed by atoms with van der Waals surface area (Å²) in [6.07, 6.45) is 3.49. The summed E-state index contributed by atoms with van der Waals surface area (Å²) in [6, 6.07) is 13.2. The van der Waals surface area contributed by atoms with Crippen LogP contribution in [0.5, 0.6) is 0 Å². The van der Waals surface area contributed by atoms with Crippen molar-refractivity contribution in [1.82, 2.24) is 4.98 Å². The van der Waals surface area contributed by atoms with Crippen molar-refractivity contribution >= 4 is 43.8 Å². The van der Waals surface area contributed by atoms with Crippen molar-refractivity contribution in [2.45, 2.75) is 0 Å². The Morgan fingerprint density at radius 1 is 1.10 bits per heavy atom. The molecule has 0 aliphatic carbocycles. The number of hydrogen-bond donors (Lipinski definition) is 2. The number of nitrogens with two attached hydrogens (primary N) is 1. The molecular formula is C16H11BrN4. The largest absolute Gasteiger partial charge is 0.398 e. The van der Waals surface area contributed by atoms with Gasteiger partial charge in [-0.2, -0.15) is 5.26 Å². The first kappa shape index (κ1) is 13.4. The maximum atomic E-state index is 8.90. The Hall–Kier alpha value is -2.58. The molecule has 3 N–H and O–H groups in total. The van der Waals surface area contributed by atoms with Crippen LogP contribution in [0, 0.1) is 11.3 Å². The summed E-state index contributed by atoms with van der Waals surface area (Å²) in [7, 11) is 0. The van der Waals surface area contributed by atoms with Gasteiger partial charge in [0, 0.05) is 39.0 Å². The minimum absolute atomic E-state index is 0.610. The minimum Gasteiger partial charge on any atom is -0.398 e. The average molecular weight is 339 g/mol. The number of rotatable bonds is 2. The summed E-state index contributed by atoms with van der Waals surface area (Å²) in [6.45, 7) is 0. The highest BCUT2D eigenvalue weighted by molar-refractivity contribution is 9.10. The molecule has 0 saturated heterocycles. The molecule has 0 aliphatic rings. The number of aromatic nitrogens is 1. The highest BCUT2D eigenvalue weighted by Crippen LogP contribution is 2.32. The van der Waals surface area contributed by atoms with E-state index in [-0.39, 0.29) is 0 Å². The van der Waals surface area contributed by atoms with Gasteiger partial charge in [0.1, 0.15) is 0 Å². The topological polar surface area (TPSA) is 74.7 Å². The maximum Gasteiger partial charge on any atom is 0.0992 e. The molecule has 5 heteroatoms. The van der Waals surface area contributed by atoms with Crippen molar-refractivity contribution in [2.24, 2.45) is 0 Å². The van der Waals surface area contributed by atoms with Crippen LogP contribution in [0.3, 0.4) is 0 Å². The van der Waals surface area contributed by atoms with Crippen LogP contribution in [0.15, 0.2) is 53.3 Å². The van der Waals surface area contributed by atoms with E-state index < -0.39 is 0 Å². The number of nitriles is 1. The van der Waals surface area contributed by atoms with Gasteiger partial charge in [0.2, 0.25) is 0 Å². The fraction of sp³-hybridized carbons (Fsp3) is 0. The van der Waals surface area contributed by atoms with Gasteiger partial charge in [-0.25, -0.2) is 0 Å². The third-order valence-electron chi connectivity index (χ3n) is 3.22. The summed E-state index contributed by atoms with van der Waals surface area (Å²) in [4.78, 5) is 4.11. The summed E-state index contributed by atoms with van der Waals surface area (Å²) in [5, 5.41) is 14.2. The van der Waals surface area contributed by atoms with Crippen LogP contribution < -0.4 is 11.1 Å². The molecule has 0 spiro atoms. The van der Waals surface area contributed by atoms with Crippen LogP contribution in [-0.2, 0) is 0 Å². The normalized spacial score (nSPS) is 10.3. The lowest BCUT2D eigenvalue weighted by Crippen LogP contribution is -1.95. The molecule has 0 atom stereocenters. The molecule has 0 saturated carbocycles. The fourth-order valence-corrected chi connectivity index (χ4v) is 2.63. The molecule has 0 unspecified atom stereocenters. The number of halogens is 1. The van der Waals surface area contributed by atoms with Gasteiger partial charge in [-0.3, -0.25) is 4.98 Å². The molecule has 3 rings (SSSR count). The Labute approximate surface area is 130 Å². The van der Waals surface area contributed by atoms with Crippen LogP contribution in [0.2, 0.25) is 0 Å². The lowest BCUT2D eigenvalue weighted by Gasteiger charge is -2.12. The SMILES string of the molecule is N#Cc1ccc(Nc2ccc(N)c3cnccc23)c(Br)c1. The molecule has 0 radical (unpaired) electrons. The Kier molecular flexibility index (Phi) is 3.46. The van der Waals surface area contributed by atoms with Crippen molar-refractivity contribution in [1.29, 1.82) is 5.26 Å². The predicted molar refractivity (Wildman–Crippen MR) is 88.3 cm³/mol. The standard InChI is InChI=1S/C16H11BrN4/c17-13-7-10(8-18)1-3-16(13)21-15-4-2-14(19)12-9-20-6-5-11(12)15/h1-7,9,21H,19H2. The van der Waals surface area contributed by atoms with E-state index >= 15 is 0 Å². The Bertz CT molecular complexity index is 868. The van der Waals surface area contributed by atoms with Gasteiger partial charge >= 0.3 is 0 Å². The van der Waals surface area contributed by atoms with E-state index in [1.807, 2.05) is 24.3 Å². The van der Waals surface area contributed by atoms with Crippen molar-refractivity contribution < 1.29 is 0 Å². The van der Waals surface area contributed by atoms with Crippen LogP contribution >= 0.6 is 15.9 Å². The zero-order valence-electron chi connectivity index (χ0n) is 11.0. The van der Waals surface area contributed by atoms with E-state index in [2.05, 4.69) is 32.3 Å². The molecule has 0 bridgehead atoms. The van der Waals surface area contributed by atoms with Crippen LogP contribution in [0.25, 0.3) is 10.8 Å².